The van der Waals surface area contributed by atoms with Crippen LogP contribution in [0.3, 0.4) is 0 Å². The molecule has 0 atom stereocenters. The average Bonchev–Trinajstić information content (AvgIpc) is 2.46. The van der Waals surface area contributed by atoms with Crippen LogP contribution < -0.4 is 5.32 Å². The Morgan fingerprint density at radius 2 is 1.72 bits per heavy atom. The molecule has 0 radical (unpaired) electrons. The first-order valence-electron chi connectivity index (χ1n) is 7.18. The van der Waals surface area contributed by atoms with Crippen molar-refractivity contribution in [1.82, 2.24) is 9.80 Å². The first kappa shape index (κ1) is 12.0. The Balaban J connectivity index is 1.50. The van der Waals surface area contributed by atoms with Crippen LogP contribution in [-0.4, -0.2) is 42.6 Å². The molecule has 2 aliphatic rings. The van der Waals surface area contributed by atoms with Crippen molar-refractivity contribution < 1.29 is 0 Å². The first-order valence-corrected chi connectivity index (χ1v) is 7.18. The summed E-state index contributed by atoms with van der Waals surface area (Å²) in [4.78, 5) is 5.13. The van der Waals surface area contributed by atoms with E-state index in [0.717, 1.165) is 13.2 Å². The lowest BCUT2D eigenvalue weighted by Gasteiger charge is -2.33. The van der Waals surface area contributed by atoms with Gasteiger partial charge in [0.05, 0.1) is 6.67 Å². The summed E-state index contributed by atoms with van der Waals surface area (Å²) in [5, 5.41) is 3.51. The van der Waals surface area contributed by atoms with Gasteiger partial charge in [-0.1, -0.05) is 24.6 Å². The number of likely N-dealkylation sites (tertiary alicyclic amines) is 1. The third kappa shape index (κ3) is 2.85. The van der Waals surface area contributed by atoms with Gasteiger partial charge in [-0.2, -0.15) is 0 Å². The standard InChI is InChI=1S/C15H23N3/c1-4-8-17(9-5-1)10-11-18-12-14-6-2-3-7-15(14)16-13-18/h2-3,6-7,16H,1,4-5,8-13H2. The van der Waals surface area contributed by atoms with Crippen molar-refractivity contribution in [3.63, 3.8) is 0 Å². The third-order valence-electron chi connectivity index (χ3n) is 4.09. The molecule has 3 nitrogen and oxygen atoms in total. The lowest BCUT2D eigenvalue weighted by Crippen LogP contribution is -2.41. The predicted molar refractivity (Wildman–Crippen MR) is 75.6 cm³/mol. The smallest absolute Gasteiger partial charge is 0.0681 e. The van der Waals surface area contributed by atoms with Gasteiger partial charge in [0.2, 0.25) is 0 Å². The molecule has 2 aliphatic heterocycles. The highest BCUT2D eigenvalue weighted by Crippen LogP contribution is 2.21. The lowest BCUT2D eigenvalue weighted by atomic mass is 10.1. The van der Waals surface area contributed by atoms with E-state index in [1.54, 1.807) is 0 Å². The summed E-state index contributed by atoms with van der Waals surface area (Å²) >= 11 is 0. The fourth-order valence-electron chi connectivity index (χ4n) is 2.95. The van der Waals surface area contributed by atoms with Crippen LogP contribution in [0.25, 0.3) is 0 Å². The van der Waals surface area contributed by atoms with Crippen LogP contribution in [-0.2, 0) is 6.54 Å². The molecular formula is C15H23N3. The summed E-state index contributed by atoms with van der Waals surface area (Å²) in [6, 6.07) is 8.65. The van der Waals surface area contributed by atoms with Gasteiger partial charge >= 0.3 is 0 Å². The van der Waals surface area contributed by atoms with Gasteiger partial charge in [-0.05, 0) is 37.6 Å². The number of hydrogen-bond acceptors (Lipinski definition) is 3. The van der Waals surface area contributed by atoms with Crippen molar-refractivity contribution in [2.24, 2.45) is 0 Å². The highest BCUT2D eigenvalue weighted by molar-refractivity contribution is 5.52. The second-order valence-corrected chi connectivity index (χ2v) is 5.45. The van der Waals surface area contributed by atoms with E-state index in [0.29, 0.717) is 0 Å². The van der Waals surface area contributed by atoms with Crippen LogP contribution in [0.5, 0.6) is 0 Å². The molecule has 0 aromatic heterocycles. The minimum atomic E-state index is 0.991. The van der Waals surface area contributed by atoms with Gasteiger partial charge < -0.3 is 10.2 Å². The number of hydrogen-bond donors (Lipinski definition) is 1. The van der Waals surface area contributed by atoms with Crippen LogP contribution in [0, 0.1) is 0 Å². The first-order chi connectivity index (χ1) is 8.92. The summed E-state index contributed by atoms with van der Waals surface area (Å²) in [5.74, 6) is 0. The number of nitrogens with zero attached hydrogens (tertiary/aromatic N) is 2. The Bertz CT molecular complexity index is 385. The fraction of sp³-hybridized carbons (Fsp3) is 0.600. The average molecular weight is 245 g/mol. The minimum absolute atomic E-state index is 0.991. The molecule has 1 N–H and O–H groups in total. The van der Waals surface area contributed by atoms with Crippen molar-refractivity contribution in [1.29, 1.82) is 0 Å². The summed E-state index contributed by atoms with van der Waals surface area (Å²) in [6.45, 7) is 7.10. The van der Waals surface area contributed by atoms with Crippen molar-refractivity contribution in [3.05, 3.63) is 29.8 Å². The zero-order valence-corrected chi connectivity index (χ0v) is 11.1. The van der Waals surface area contributed by atoms with Gasteiger partial charge in [-0.15, -0.1) is 0 Å². The van der Waals surface area contributed by atoms with E-state index in [1.165, 1.54) is 56.7 Å². The second-order valence-electron chi connectivity index (χ2n) is 5.45. The van der Waals surface area contributed by atoms with Crippen LogP contribution in [0.4, 0.5) is 5.69 Å². The van der Waals surface area contributed by atoms with Gasteiger partial charge in [0, 0.05) is 25.3 Å². The van der Waals surface area contributed by atoms with E-state index < -0.39 is 0 Å². The molecule has 1 aromatic rings. The molecule has 3 rings (SSSR count). The molecule has 2 heterocycles. The largest absolute Gasteiger partial charge is 0.372 e. The maximum Gasteiger partial charge on any atom is 0.0681 e. The van der Waals surface area contributed by atoms with E-state index >= 15 is 0 Å². The van der Waals surface area contributed by atoms with Gasteiger partial charge in [-0.3, -0.25) is 4.90 Å². The molecule has 0 unspecified atom stereocenters. The van der Waals surface area contributed by atoms with Gasteiger partial charge in [-0.25, -0.2) is 0 Å². The van der Waals surface area contributed by atoms with Crippen LogP contribution >= 0.6 is 0 Å². The Kier molecular flexibility index (Phi) is 3.81. The maximum absolute atomic E-state index is 3.51. The normalized spacial score (nSPS) is 21.3. The van der Waals surface area contributed by atoms with Gasteiger partial charge in [0.1, 0.15) is 0 Å². The van der Waals surface area contributed by atoms with Crippen molar-refractivity contribution in [3.8, 4) is 0 Å². The SMILES string of the molecule is c1ccc2c(c1)CN(CCN1CCCCC1)CN2. The molecule has 0 saturated carbocycles. The molecule has 1 aromatic carbocycles. The van der Waals surface area contributed by atoms with E-state index in [4.69, 9.17) is 0 Å². The topological polar surface area (TPSA) is 18.5 Å². The number of para-hydroxylation sites is 1. The molecule has 0 amide bonds. The zero-order valence-electron chi connectivity index (χ0n) is 11.1. The molecule has 18 heavy (non-hydrogen) atoms. The minimum Gasteiger partial charge on any atom is -0.372 e. The van der Waals surface area contributed by atoms with Gasteiger partial charge in [0.25, 0.3) is 0 Å². The van der Waals surface area contributed by atoms with Crippen LogP contribution in [0.1, 0.15) is 24.8 Å². The fourth-order valence-corrected chi connectivity index (χ4v) is 2.95. The highest BCUT2D eigenvalue weighted by atomic mass is 15.3. The molecule has 0 spiro atoms. The second kappa shape index (κ2) is 5.72. The highest BCUT2D eigenvalue weighted by Gasteiger charge is 2.16. The Labute approximate surface area is 110 Å². The number of anilines is 1. The van der Waals surface area contributed by atoms with E-state index in [9.17, 15) is 0 Å². The summed E-state index contributed by atoms with van der Waals surface area (Å²) in [5.41, 5.74) is 2.74. The van der Waals surface area contributed by atoms with E-state index in [2.05, 4.69) is 39.4 Å². The molecule has 3 heteroatoms. The molecule has 1 saturated heterocycles. The predicted octanol–water partition coefficient (Wildman–Crippen LogP) is 2.36. The quantitative estimate of drug-likeness (QED) is 0.882. The maximum atomic E-state index is 3.51. The third-order valence-corrected chi connectivity index (χ3v) is 4.09. The lowest BCUT2D eigenvalue weighted by molar-refractivity contribution is 0.180. The van der Waals surface area contributed by atoms with Crippen LogP contribution in [0.15, 0.2) is 24.3 Å². The number of benzene rings is 1. The molecule has 1 fully saturated rings. The monoisotopic (exact) mass is 245 g/mol. The number of rotatable bonds is 3. The Morgan fingerprint density at radius 3 is 2.61 bits per heavy atom. The molecule has 0 bridgehead atoms. The van der Waals surface area contributed by atoms with E-state index in [1.807, 2.05) is 0 Å². The van der Waals surface area contributed by atoms with Gasteiger partial charge in [0.15, 0.2) is 0 Å². The summed E-state index contributed by atoms with van der Waals surface area (Å²) in [6.07, 6.45) is 4.21. The van der Waals surface area contributed by atoms with Crippen molar-refractivity contribution in [2.75, 3.05) is 38.2 Å². The molecular weight excluding hydrogens is 222 g/mol. The number of piperidine rings is 1. The zero-order chi connectivity index (χ0) is 12.2. The Morgan fingerprint density at radius 1 is 0.944 bits per heavy atom. The Hall–Kier alpha value is -1.06. The van der Waals surface area contributed by atoms with Crippen LogP contribution in [0.2, 0.25) is 0 Å². The summed E-state index contributed by atoms with van der Waals surface area (Å²) < 4.78 is 0. The summed E-state index contributed by atoms with van der Waals surface area (Å²) in [7, 11) is 0. The molecule has 0 aliphatic carbocycles. The number of nitrogens with one attached hydrogen (secondary N) is 1. The van der Waals surface area contributed by atoms with E-state index in [-0.39, 0.29) is 0 Å². The molecule has 98 valence electrons. The number of fused-ring (bicyclic) bond motifs is 1. The van der Waals surface area contributed by atoms with Crippen molar-refractivity contribution in [2.45, 2.75) is 25.8 Å². The van der Waals surface area contributed by atoms with Crippen molar-refractivity contribution >= 4 is 5.69 Å².